The second kappa shape index (κ2) is 12.3. The fraction of sp³-hybridized carbons (Fsp3) is 0.630. The van der Waals surface area contributed by atoms with Crippen LogP contribution in [0.3, 0.4) is 0 Å². The lowest BCUT2D eigenvalue weighted by Gasteiger charge is -2.38. The minimum Gasteiger partial charge on any atom is -0.444 e. The fourth-order valence-corrected chi connectivity index (χ4v) is 4.78. The SMILES string of the molecule is CC(C)(C)OC(=O)NCC(=O)NC1CC(C(=O)N2CCN(c3ccccc3Cl)CC2)N(C(=O)OC(C)(C)C)C1. The lowest BCUT2D eigenvalue weighted by atomic mass is 10.1. The van der Waals surface area contributed by atoms with Gasteiger partial charge in [0.05, 0.1) is 10.7 Å². The zero-order valence-electron chi connectivity index (χ0n) is 23.6. The zero-order valence-corrected chi connectivity index (χ0v) is 24.3. The number of para-hydroxylation sites is 1. The minimum absolute atomic E-state index is 0.114. The van der Waals surface area contributed by atoms with Crippen molar-refractivity contribution in [3.8, 4) is 0 Å². The van der Waals surface area contributed by atoms with Crippen molar-refractivity contribution in [1.82, 2.24) is 20.4 Å². The van der Waals surface area contributed by atoms with E-state index in [2.05, 4.69) is 15.5 Å². The Morgan fingerprint density at radius 3 is 2.15 bits per heavy atom. The molecule has 12 heteroatoms. The van der Waals surface area contributed by atoms with E-state index >= 15 is 0 Å². The molecule has 0 aromatic heterocycles. The molecule has 2 aliphatic heterocycles. The maximum absolute atomic E-state index is 13.6. The maximum atomic E-state index is 13.6. The van der Waals surface area contributed by atoms with Crippen LogP contribution in [0.4, 0.5) is 15.3 Å². The summed E-state index contributed by atoms with van der Waals surface area (Å²) in [5.74, 6) is -0.639. The summed E-state index contributed by atoms with van der Waals surface area (Å²) in [5.41, 5.74) is -0.513. The number of carbonyl (C=O) groups is 4. The summed E-state index contributed by atoms with van der Waals surface area (Å²) < 4.78 is 10.7. The number of rotatable bonds is 5. The average Bonchev–Trinajstić information content (AvgIpc) is 3.24. The van der Waals surface area contributed by atoms with Crippen molar-refractivity contribution in [1.29, 1.82) is 0 Å². The van der Waals surface area contributed by atoms with Crippen LogP contribution in [-0.2, 0) is 19.1 Å². The molecule has 0 radical (unpaired) electrons. The molecule has 0 aliphatic carbocycles. The number of halogens is 1. The van der Waals surface area contributed by atoms with Gasteiger partial charge in [0.1, 0.15) is 23.8 Å². The largest absolute Gasteiger partial charge is 0.444 e. The van der Waals surface area contributed by atoms with Crippen LogP contribution in [0.2, 0.25) is 5.02 Å². The topological polar surface area (TPSA) is 121 Å². The van der Waals surface area contributed by atoms with E-state index in [1.54, 1.807) is 46.4 Å². The van der Waals surface area contributed by atoms with E-state index in [9.17, 15) is 19.2 Å². The summed E-state index contributed by atoms with van der Waals surface area (Å²) >= 11 is 6.35. The average molecular weight is 566 g/mol. The molecule has 11 nitrogen and oxygen atoms in total. The second-order valence-electron chi connectivity index (χ2n) is 11.8. The number of amides is 4. The van der Waals surface area contributed by atoms with E-state index in [1.165, 1.54) is 4.90 Å². The standard InChI is InChI=1S/C27H40ClN5O6/c1-26(2,3)38-24(36)29-16-22(34)30-18-15-21(33(17-18)25(37)39-27(4,5)6)23(35)32-13-11-31(12-14-32)20-10-8-7-9-19(20)28/h7-10,18,21H,11-17H2,1-6H3,(H,29,36)(H,30,34). The Balaban J connectivity index is 1.63. The fourth-order valence-electron chi connectivity index (χ4n) is 4.53. The van der Waals surface area contributed by atoms with Crippen LogP contribution in [0.25, 0.3) is 0 Å². The van der Waals surface area contributed by atoms with Gasteiger partial charge in [-0.25, -0.2) is 9.59 Å². The number of nitrogens with zero attached hydrogens (tertiary/aromatic N) is 3. The first-order valence-electron chi connectivity index (χ1n) is 13.2. The summed E-state index contributed by atoms with van der Waals surface area (Å²) in [5, 5.41) is 5.89. The molecule has 0 spiro atoms. The van der Waals surface area contributed by atoms with Crippen LogP contribution in [0.1, 0.15) is 48.0 Å². The number of alkyl carbamates (subject to hydrolysis) is 1. The predicted octanol–water partition coefficient (Wildman–Crippen LogP) is 3.01. The number of benzene rings is 1. The van der Waals surface area contributed by atoms with Gasteiger partial charge < -0.3 is 29.9 Å². The van der Waals surface area contributed by atoms with Crippen LogP contribution in [0.5, 0.6) is 0 Å². The molecule has 2 aliphatic rings. The van der Waals surface area contributed by atoms with Gasteiger partial charge in [0.25, 0.3) is 0 Å². The van der Waals surface area contributed by atoms with Crippen molar-refractivity contribution in [3.63, 3.8) is 0 Å². The summed E-state index contributed by atoms with van der Waals surface area (Å²) in [7, 11) is 0. The first-order valence-corrected chi connectivity index (χ1v) is 13.5. The molecule has 2 fully saturated rings. The van der Waals surface area contributed by atoms with E-state index in [0.29, 0.717) is 31.2 Å². The molecule has 216 valence electrons. The highest BCUT2D eigenvalue weighted by molar-refractivity contribution is 6.33. The van der Waals surface area contributed by atoms with E-state index < -0.39 is 41.4 Å². The number of piperazine rings is 1. The number of nitrogens with one attached hydrogen (secondary N) is 2. The van der Waals surface area contributed by atoms with Gasteiger partial charge in [0.15, 0.2) is 0 Å². The maximum Gasteiger partial charge on any atom is 0.411 e. The van der Waals surface area contributed by atoms with Crippen molar-refractivity contribution >= 4 is 41.3 Å². The molecule has 0 saturated carbocycles. The van der Waals surface area contributed by atoms with Gasteiger partial charge in [-0.3, -0.25) is 14.5 Å². The number of hydrogen-bond donors (Lipinski definition) is 2. The van der Waals surface area contributed by atoms with Gasteiger partial charge in [-0.15, -0.1) is 0 Å². The van der Waals surface area contributed by atoms with E-state index in [0.717, 1.165) is 5.69 Å². The molecular formula is C27H40ClN5O6. The molecule has 39 heavy (non-hydrogen) atoms. The number of anilines is 1. The lowest BCUT2D eigenvalue weighted by molar-refractivity contribution is -0.136. The molecule has 1 aromatic rings. The smallest absolute Gasteiger partial charge is 0.411 e. The van der Waals surface area contributed by atoms with Gasteiger partial charge in [-0.2, -0.15) is 0 Å². The third kappa shape index (κ3) is 8.91. The Hall–Kier alpha value is -3.21. The number of hydrogen-bond acceptors (Lipinski definition) is 7. The Morgan fingerprint density at radius 2 is 1.56 bits per heavy atom. The number of likely N-dealkylation sites (tertiary alicyclic amines) is 1. The summed E-state index contributed by atoms with van der Waals surface area (Å²) in [4.78, 5) is 56.3. The lowest BCUT2D eigenvalue weighted by Crippen LogP contribution is -2.55. The van der Waals surface area contributed by atoms with Crippen molar-refractivity contribution in [2.24, 2.45) is 0 Å². The zero-order chi connectivity index (χ0) is 29.0. The quantitative estimate of drug-likeness (QED) is 0.563. The molecule has 3 rings (SSSR count). The molecular weight excluding hydrogens is 526 g/mol. The molecule has 1 aromatic carbocycles. The van der Waals surface area contributed by atoms with E-state index in [1.807, 2.05) is 24.3 Å². The molecule has 2 N–H and O–H groups in total. The Kier molecular flexibility index (Phi) is 9.58. The minimum atomic E-state index is -0.782. The second-order valence-corrected chi connectivity index (χ2v) is 12.2. The highest BCUT2D eigenvalue weighted by atomic mass is 35.5. The van der Waals surface area contributed by atoms with Crippen molar-refractivity contribution in [3.05, 3.63) is 29.3 Å². The first kappa shape index (κ1) is 30.3. The summed E-state index contributed by atoms with van der Waals surface area (Å²) in [6, 6.07) is 6.32. The number of carbonyl (C=O) groups excluding carboxylic acids is 4. The normalized spacial score (nSPS) is 19.9. The van der Waals surface area contributed by atoms with Crippen molar-refractivity contribution in [2.45, 2.75) is 71.2 Å². The Morgan fingerprint density at radius 1 is 0.949 bits per heavy atom. The van der Waals surface area contributed by atoms with Crippen LogP contribution < -0.4 is 15.5 Å². The summed E-state index contributed by atoms with van der Waals surface area (Å²) in [6.07, 6.45) is -1.08. The van der Waals surface area contributed by atoms with E-state index in [4.69, 9.17) is 21.1 Å². The van der Waals surface area contributed by atoms with Crippen LogP contribution in [0, 0.1) is 0 Å². The van der Waals surface area contributed by atoms with Crippen molar-refractivity contribution in [2.75, 3.05) is 44.2 Å². The number of ether oxygens (including phenoxy) is 2. The van der Waals surface area contributed by atoms with Crippen LogP contribution in [-0.4, -0.2) is 96.4 Å². The highest BCUT2D eigenvalue weighted by Gasteiger charge is 2.44. The molecule has 2 unspecified atom stereocenters. The van der Waals surface area contributed by atoms with E-state index in [-0.39, 0.29) is 25.4 Å². The third-order valence-electron chi connectivity index (χ3n) is 6.16. The van der Waals surface area contributed by atoms with Gasteiger partial charge in [0, 0.05) is 38.8 Å². The van der Waals surface area contributed by atoms with Gasteiger partial charge in [-0.1, -0.05) is 23.7 Å². The molecule has 0 bridgehead atoms. The molecule has 2 saturated heterocycles. The highest BCUT2D eigenvalue weighted by Crippen LogP contribution is 2.28. The van der Waals surface area contributed by atoms with Gasteiger partial charge in [-0.05, 0) is 60.1 Å². The molecule has 2 atom stereocenters. The molecule has 2 heterocycles. The predicted molar refractivity (Wildman–Crippen MR) is 148 cm³/mol. The third-order valence-corrected chi connectivity index (χ3v) is 6.48. The van der Waals surface area contributed by atoms with Crippen LogP contribution in [0.15, 0.2) is 24.3 Å². The van der Waals surface area contributed by atoms with Crippen molar-refractivity contribution < 1.29 is 28.7 Å². The van der Waals surface area contributed by atoms with Crippen LogP contribution >= 0.6 is 11.6 Å². The molecule has 4 amide bonds. The van der Waals surface area contributed by atoms with Gasteiger partial charge >= 0.3 is 12.2 Å². The Labute approximate surface area is 235 Å². The summed E-state index contributed by atoms with van der Waals surface area (Å²) in [6.45, 7) is 12.4. The van der Waals surface area contributed by atoms with Gasteiger partial charge in [0.2, 0.25) is 11.8 Å². The monoisotopic (exact) mass is 565 g/mol. The first-order chi connectivity index (χ1) is 18.1. The Bertz CT molecular complexity index is 1060.